The number of carboxylic acids is 1. The van der Waals surface area contributed by atoms with Gasteiger partial charge in [-0.15, -0.1) is 0 Å². The van der Waals surface area contributed by atoms with Crippen LogP contribution in [0, 0.1) is 5.92 Å². The number of phenolic OH excluding ortho intramolecular Hbond substituents is 1. The highest BCUT2D eigenvalue weighted by molar-refractivity contribution is 6.32. The predicted octanol–water partition coefficient (Wildman–Crippen LogP) is 2.51. The number of hydrogen-bond acceptors (Lipinski definition) is 3. The number of hydrogen-bond donors (Lipinski definition) is 2. The fraction of sp³-hybridized carbons (Fsp3) is 0.385. The highest BCUT2D eigenvalue weighted by atomic mass is 35.5. The second kappa shape index (κ2) is 6.43. The summed E-state index contributed by atoms with van der Waals surface area (Å²) in [6, 6.07) is 3.17. The number of anilines is 1. The zero-order chi connectivity index (χ0) is 14.6. The second-order valence-corrected chi connectivity index (χ2v) is 4.72. The number of rotatable bonds is 6. The monoisotopic (exact) mass is 285 g/mol. The first-order chi connectivity index (χ1) is 8.92. The van der Waals surface area contributed by atoms with Crippen LogP contribution in [0.4, 0.5) is 5.69 Å². The van der Waals surface area contributed by atoms with Crippen LogP contribution in [0.5, 0.6) is 5.75 Å². The zero-order valence-corrected chi connectivity index (χ0v) is 11.5. The van der Waals surface area contributed by atoms with Crippen molar-refractivity contribution in [1.29, 1.82) is 0 Å². The van der Waals surface area contributed by atoms with Crippen molar-refractivity contribution in [2.75, 3.05) is 4.90 Å². The van der Waals surface area contributed by atoms with Crippen molar-refractivity contribution in [1.82, 2.24) is 0 Å². The van der Waals surface area contributed by atoms with Crippen molar-refractivity contribution in [2.24, 2.45) is 5.92 Å². The molecule has 1 aromatic carbocycles. The zero-order valence-electron chi connectivity index (χ0n) is 10.7. The summed E-state index contributed by atoms with van der Waals surface area (Å²) in [5, 5.41) is 18.7. The van der Waals surface area contributed by atoms with E-state index in [9.17, 15) is 19.8 Å². The molecule has 0 aromatic heterocycles. The number of phenols is 1. The molecule has 19 heavy (non-hydrogen) atoms. The van der Waals surface area contributed by atoms with Gasteiger partial charge in [0.2, 0.25) is 6.41 Å². The van der Waals surface area contributed by atoms with Gasteiger partial charge in [-0.3, -0.25) is 4.79 Å². The van der Waals surface area contributed by atoms with Gasteiger partial charge in [-0.1, -0.05) is 31.9 Å². The van der Waals surface area contributed by atoms with Crippen molar-refractivity contribution < 1.29 is 19.8 Å². The molecule has 1 rings (SSSR count). The number of aromatic hydroxyl groups is 1. The molecule has 1 amide bonds. The highest BCUT2D eigenvalue weighted by Crippen LogP contribution is 2.30. The Kier molecular flexibility index (Phi) is 5.18. The molecule has 0 radical (unpaired) electrons. The Bertz CT molecular complexity index is 478. The van der Waals surface area contributed by atoms with E-state index in [-0.39, 0.29) is 16.7 Å². The van der Waals surface area contributed by atoms with Crippen LogP contribution >= 0.6 is 11.6 Å². The number of halogens is 1. The number of benzene rings is 1. The Balaban J connectivity index is 3.19. The normalized spacial score (nSPS) is 13.6. The standard InChI is InChI=1S/C13H16ClNO4/c1-3-8(2)12(13(18)19)15(7-16)9-4-5-11(17)10(14)6-9/h4-8,12,17H,3H2,1-2H3,(H,18,19). The third kappa shape index (κ3) is 3.38. The molecule has 104 valence electrons. The average molecular weight is 286 g/mol. The van der Waals surface area contributed by atoms with Gasteiger partial charge in [-0.05, 0) is 24.1 Å². The van der Waals surface area contributed by atoms with E-state index in [1.54, 1.807) is 6.92 Å². The molecule has 2 unspecified atom stereocenters. The minimum atomic E-state index is -1.08. The largest absolute Gasteiger partial charge is 0.506 e. The summed E-state index contributed by atoms with van der Waals surface area (Å²) in [6.45, 7) is 3.62. The summed E-state index contributed by atoms with van der Waals surface area (Å²) in [4.78, 5) is 23.7. The van der Waals surface area contributed by atoms with E-state index in [1.807, 2.05) is 6.92 Å². The van der Waals surface area contributed by atoms with Crippen LogP contribution in [-0.4, -0.2) is 28.6 Å². The predicted molar refractivity (Wildman–Crippen MR) is 72.5 cm³/mol. The van der Waals surface area contributed by atoms with Crippen molar-refractivity contribution in [3.8, 4) is 5.75 Å². The molecule has 0 saturated heterocycles. The molecule has 0 fully saturated rings. The minimum absolute atomic E-state index is 0.0673. The number of nitrogens with zero attached hydrogens (tertiary/aromatic N) is 1. The molecule has 0 aliphatic carbocycles. The summed E-state index contributed by atoms with van der Waals surface area (Å²) in [5.41, 5.74) is 0.338. The molecule has 0 aliphatic rings. The molecule has 0 spiro atoms. The lowest BCUT2D eigenvalue weighted by Crippen LogP contribution is -2.45. The number of carbonyl (C=O) groups excluding carboxylic acids is 1. The Morgan fingerprint density at radius 3 is 2.58 bits per heavy atom. The van der Waals surface area contributed by atoms with Gasteiger partial charge in [0, 0.05) is 5.69 Å². The topological polar surface area (TPSA) is 77.8 Å². The van der Waals surface area contributed by atoms with Gasteiger partial charge in [0.25, 0.3) is 0 Å². The summed E-state index contributed by atoms with van der Waals surface area (Å²) >= 11 is 5.77. The number of amides is 1. The van der Waals surface area contributed by atoms with Crippen molar-refractivity contribution >= 4 is 29.7 Å². The van der Waals surface area contributed by atoms with E-state index in [1.165, 1.54) is 18.2 Å². The van der Waals surface area contributed by atoms with Gasteiger partial charge in [0.1, 0.15) is 11.8 Å². The first-order valence-corrected chi connectivity index (χ1v) is 6.25. The maximum atomic E-state index is 11.3. The quantitative estimate of drug-likeness (QED) is 0.787. The Morgan fingerprint density at radius 2 is 2.16 bits per heavy atom. The number of carbonyl (C=O) groups is 2. The van der Waals surface area contributed by atoms with Crippen molar-refractivity contribution in [2.45, 2.75) is 26.3 Å². The summed E-state index contributed by atoms with van der Waals surface area (Å²) in [6.07, 6.45) is 1.08. The maximum Gasteiger partial charge on any atom is 0.327 e. The van der Waals surface area contributed by atoms with Crippen LogP contribution in [0.25, 0.3) is 0 Å². The molecule has 2 N–H and O–H groups in total. The van der Waals surface area contributed by atoms with Crippen LogP contribution in [0.2, 0.25) is 5.02 Å². The molecular weight excluding hydrogens is 270 g/mol. The Hall–Kier alpha value is -1.75. The van der Waals surface area contributed by atoms with E-state index in [0.29, 0.717) is 18.5 Å². The van der Waals surface area contributed by atoms with Crippen LogP contribution in [0.3, 0.4) is 0 Å². The van der Waals surface area contributed by atoms with E-state index in [0.717, 1.165) is 4.90 Å². The fourth-order valence-electron chi connectivity index (χ4n) is 1.80. The lowest BCUT2D eigenvalue weighted by atomic mass is 9.97. The molecule has 6 heteroatoms. The smallest absolute Gasteiger partial charge is 0.327 e. The van der Waals surface area contributed by atoms with Gasteiger partial charge in [0.05, 0.1) is 5.02 Å². The van der Waals surface area contributed by atoms with E-state index in [4.69, 9.17) is 11.6 Å². The third-order valence-electron chi connectivity index (χ3n) is 3.08. The van der Waals surface area contributed by atoms with Crippen LogP contribution < -0.4 is 4.90 Å². The highest BCUT2D eigenvalue weighted by Gasteiger charge is 2.30. The first kappa shape index (κ1) is 15.3. The fourth-order valence-corrected chi connectivity index (χ4v) is 1.98. The van der Waals surface area contributed by atoms with Crippen LogP contribution in [-0.2, 0) is 9.59 Å². The Morgan fingerprint density at radius 1 is 1.53 bits per heavy atom. The molecule has 1 aromatic rings. The van der Waals surface area contributed by atoms with E-state index < -0.39 is 12.0 Å². The van der Waals surface area contributed by atoms with Gasteiger partial charge in [0.15, 0.2) is 0 Å². The van der Waals surface area contributed by atoms with Crippen molar-refractivity contribution in [3.63, 3.8) is 0 Å². The maximum absolute atomic E-state index is 11.3. The number of carboxylic acid groups (broad SMARTS) is 1. The Labute approximate surface area is 116 Å². The van der Waals surface area contributed by atoms with Gasteiger partial charge < -0.3 is 15.1 Å². The van der Waals surface area contributed by atoms with Gasteiger partial charge in [-0.25, -0.2) is 4.79 Å². The molecule has 0 aliphatic heterocycles. The lowest BCUT2D eigenvalue weighted by molar-refractivity contribution is -0.140. The molecule has 0 saturated carbocycles. The van der Waals surface area contributed by atoms with E-state index >= 15 is 0 Å². The number of aliphatic carboxylic acids is 1. The van der Waals surface area contributed by atoms with Gasteiger partial charge >= 0.3 is 5.97 Å². The average Bonchev–Trinajstić information content (AvgIpc) is 2.38. The molecule has 5 nitrogen and oxygen atoms in total. The second-order valence-electron chi connectivity index (χ2n) is 4.32. The van der Waals surface area contributed by atoms with Gasteiger partial charge in [-0.2, -0.15) is 0 Å². The third-order valence-corrected chi connectivity index (χ3v) is 3.38. The molecule has 0 heterocycles. The lowest BCUT2D eigenvalue weighted by Gasteiger charge is -2.29. The molecule has 2 atom stereocenters. The SMILES string of the molecule is CCC(C)C(C(=O)O)N(C=O)c1ccc(O)c(Cl)c1. The molecule has 0 bridgehead atoms. The van der Waals surface area contributed by atoms with Crippen LogP contribution in [0.15, 0.2) is 18.2 Å². The summed E-state index contributed by atoms with van der Waals surface area (Å²) in [5.74, 6) is -1.41. The minimum Gasteiger partial charge on any atom is -0.506 e. The van der Waals surface area contributed by atoms with Crippen molar-refractivity contribution in [3.05, 3.63) is 23.2 Å². The van der Waals surface area contributed by atoms with Crippen LogP contribution in [0.1, 0.15) is 20.3 Å². The summed E-state index contributed by atoms with van der Waals surface area (Å²) in [7, 11) is 0. The summed E-state index contributed by atoms with van der Waals surface area (Å²) < 4.78 is 0. The van der Waals surface area contributed by atoms with E-state index in [2.05, 4.69) is 0 Å². The molecular formula is C13H16ClNO4. The first-order valence-electron chi connectivity index (χ1n) is 5.87.